The first kappa shape index (κ1) is 53.4. The van der Waals surface area contributed by atoms with Crippen LogP contribution < -0.4 is 0 Å². The molecule has 1 atom stereocenters. The van der Waals surface area contributed by atoms with Crippen molar-refractivity contribution in [1.29, 1.82) is 0 Å². The topological polar surface area (TPSA) is 44.8 Å². The molecule has 0 aromatic heterocycles. The number of carbonyl (C=O) groups is 1. The van der Waals surface area contributed by atoms with Crippen molar-refractivity contribution in [3.63, 3.8) is 0 Å². The van der Waals surface area contributed by atoms with Gasteiger partial charge in [0.1, 0.15) is 6.10 Å². The molecule has 0 bridgehead atoms. The minimum Gasteiger partial charge on any atom is -0.457 e. The first-order chi connectivity index (χ1) is 26.7. The van der Waals surface area contributed by atoms with E-state index in [0.29, 0.717) is 19.6 Å². The summed E-state index contributed by atoms with van der Waals surface area (Å²) in [5.41, 5.74) is 0. The highest BCUT2D eigenvalue weighted by atomic mass is 16.6. The maximum atomic E-state index is 12.8. The van der Waals surface area contributed by atoms with Crippen LogP contribution in [0.3, 0.4) is 0 Å². The van der Waals surface area contributed by atoms with Gasteiger partial charge in [0.15, 0.2) is 0 Å². The number of unbranched alkanes of at least 4 members (excludes halogenated alkanes) is 37. The molecule has 0 aliphatic rings. The number of carbonyl (C=O) groups excluding carboxylic acids is 1. The molecule has 0 aliphatic carbocycles. The molecule has 0 saturated heterocycles. The van der Waals surface area contributed by atoms with Crippen molar-refractivity contribution in [1.82, 2.24) is 0 Å². The fraction of sp³-hybridized carbons (Fsp3) is 0.980. The van der Waals surface area contributed by atoms with E-state index < -0.39 is 0 Å². The van der Waals surface area contributed by atoms with Crippen LogP contribution in [0.5, 0.6) is 0 Å². The summed E-state index contributed by atoms with van der Waals surface area (Å²) in [6.45, 7) is 9.30. The quantitative estimate of drug-likeness (QED) is 0.0457. The molecule has 0 radical (unpaired) electrons. The number of rotatable bonds is 48. The molecule has 0 amide bonds. The van der Waals surface area contributed by atoms with E-state index in [4.69, 9.17) is 14.2 Å². The molecule has 0 aromatic carbocycles. The fourth-order valence-electron chi connectivity index (χ4n) is 7.70. The Morgan fingerprint density at radius 3 is 0.796 bits per heavy atom. The first-order valence-electron chi connectivity index (χ1n) is 25.1. The van der Waals surface area contributed by atoms with Crippen LogP contribution in [0.4, 0.5) is 0 Å². The van der Waals surface area contributed by atoms with Gasteiger partial charge in [-0.2, -0.15) is 0 Å². The minimum atomic E-state index is -0.284. The van der Waals surface area contributed by atoms with Gasteiger partial charge in [0.2, 0.25) is 0 Å². The summed E-state index contributed by atoms with van der Waals surface area (Å²) in [5, 5.41) is 0. The Labute approximate surface area is 340 Å². The SMILES string of the molecule is CCCCCCCCCCCCCCCCOC[C@H](COCCCCCCCCCCCCCCC)OC(=O)CCCCCCCCCCCCCCC. The minimum absolute atomic E-state index is 0.0762. The van der Waals surface area contributed by atoms with Gasteiger partial charge in [-0.25, -0.2) is 0 Å². The largest absolute Gasteiger partial charge is 0.457 e. The molecule has 0 saturated carbocycles. The van der Waals surface area contributed by atoms with Crippen molar-refractivity contribution < 1.29 is 19.0 Å². The van der Waals surface area contributed by atoms with E-state index in [-0.39, 0.29) is 12.1 Å². The molecular weight excluding hydrogens is 665 g/mol. The predicted molar refractivity (Wildman–Crippen MR) is 238 cm³/mol. The van der Waals surface area contributed by atoms with Crippen molar-refractivity contribution in [2.45, 2.75) is 290 Å². The molecule has 0 unspecified atom stereocenters. The number of esters is 1. The zero-order valence-corrected chi connectivity index (χ0v) is 37.5. The molecule has 0 aliphatic heterocycles. The summed E-state index contributed by atoms with van der Waals surface area (Å²) >= 11 is 0. The number of hydrogen-bond acceptors (Lipinski definition) is 4. The third-order valence-electron chi connectivity index (χ3n) is 11.4. The molecule has 0 heterocycles. The van der Waals surface area contributed by atoms with Crippen LogP contribution in [0.25, 0.3) is 0 Å². The Morgan fingerprint density at radius 2 is 0.537 bits per heavy atom. The van der Waals surface area contributed by atoms with Crippen LogP contribution in [0, 0.1) is 0 Å². The van der Waals surface area contributed by atoms with Crippen LogP contribution in [-0.4, -0.2) is 38.5 Å². The highest BCUT2D eigenvalue weighted by Gasteiger charge is 2.15. The summed E-state index contributed by atoms with van der Waals surface area (Å²) in [6.07, 6.45) is 54.0. The Balaban J connectivity index is 4.07. The smallest absolute Gasteiger partial charge is 0.306 e. The van der Waals surface area contributed by atoms with Gasteiger partial charge in [-0.05, 0) is 19.3 Å². The van der Waals surface area contributed by atoms with E-state index in [9.17, 15) is 4.79 Å². The lowest BCUT2D eigenvalue weighted by atomic mass is 10.0. The summed E-state index contributed by atoms with van der Waals surface area (Å²) < 4.78 is 18.0. The molecule has 0 aromatic rings. The second-order valence-electron chi connectivity index (χ2n) is 17.1. The summed E-state index contributed by atoms with van der Waals surface area (Å²) in [4.78, 5) is 12.8. The van der Waals surface area contributed by atoms with Gasteiger partial charge in [0.05, 0.1) is 13.2 Å². The lowest BCUT2D eigenvalue weighted by Gasteiger charge is -2.18. The zero-order chi connectivity index (χ0) is 39.1. The normalized spacial score (nSPS) is 12.1. The Morgan fingerprint density at radius 1 is 0.315 bits per heavy atom. The Hall–Kier alpha value is -0.610. The van der Waals surface area contributed by atoms with Crippen LogP contribution in [-0.2, 0) is 19.0 Å². The third kappa shape index (κ3) is 45.8. The van der Waals surface area contributed by atoms with Crippen LogP contribution in [0.15, 0.2) is 0 Å². The standard InChI is InChI=1S/C50H100O4/c1-4-7-10-13-16-19-22-25-28-31-34-37-40-43-46-53-48-49(47-52-45-42-39-36-33-30-27-24-21-18-15-12-9-6-3)54-50(51)44-41-38-35-32-29-26-23-20-17-14-11-8-5-2/h49H,4-48H2,1-3H3/t49-/m0/s1. The van der Waals surface area contributed by atoms with Gasteiger partial charge in [-0.15, -0.1) is 0 Å². The average Bonchev–Trinajstić information content (AvgIpc) is 3.17. The van der Waals surface area contributed by atoms with Gasteiger partial charge in [-0.1, -0.05) is 258 Å². The van der Waals surface area contributed by atoms with Crippen molar-refractivity contribution >= 4 is 5.97 Å². The molecular formula is C50H100O4. The summed E-state index contributed by atoms with van der Waals surface area (Å²) in [6, 6.07) is 0. The molecule has 0 spiro atoms. The second kappa shape index (κ2) is 48.5. The maximum Gasteiger partial charge on any atom is 0.306 e. The van der Waals surface area contributed by atoms with Crippen molar-refractivity contribution in [2.24, 2.45) is 0 Å². The first-order valence-corrected chi connectivity index (χ1v) is 25.1. The predicted octanol–water partition coefficient (Wildman–Crippen LogP) is 17.0. The molecule has 0 rings (SSSR count). The van der Waals surface area contributed by atoms with Crippen LogP contribution in [0.2, 0.25) is 0 Å². The third-order valence-corrected chi connectivity index (χ3v) is 11.4. The van der Waals surface area contributed by atoms with Gasteiger partial charge in [-0.3, -0.25) is 4.79 Å². The highest BCUT2D eigenvalue weighted by molar-refractivity contribution is 5.69. The molecule has 324 valence electrons. The van der Waals surface area contributed by atoms with E-state index >= 15 is 0 Å². The Bertz CT molecular complexity index is 682. The van der Waals surface area contributed by atoms with E-state index in [2.05, 4.69) is 20.8 Å². The summed E-state index contributed by atoms with van der Waals surface area (Å²) in [5.74, 6) is -0.0762. The highest BCUT2D eigenvalue weighted by Crippen LogP contribution is 2.16. The molecule has 4 nitrogen and oxygen atoms in total. The number of ether oxygens (including phenoxy) is 3. The zero-order valence-electron chi connectivity index (χ0n) is 37.5. The molecule has 0 fully saturated rings. The number of hydrogen-bond donors (Lipinski definition) is 0. The lowest BCUT2D eigenvalue weighted by molar-refractivity contribution is -0.156. The molecule has 4 heteroatoms. The fourth-order valence-corrected chi connectivity index (χ4v) is 7.70. The molecule has 54 heavy (non-hydrogen) atoms. The second-order valence-corrected chi connectivity index (χ2v) is 17.1. The van der Waals surface area contributed by atoms with E-state index in [1.54, 1.807) is 0 Å². The monoisotopic (exact) mass is 765 g/mol. The maximum absolute atomic E-state index is 12.8. The lowest BCUT2D eigenvalue weighted by Crippen LogP contribution is -2.29. The van der Waals surface area contributed by atoms with Gasteiger partial charge >= 0.3 is 5.97 Å². The van der Waals surface area contributed by atoms with Crippen molar-refractivity contribution in [3.05, 3.63) is 0 Å². The van der Waals surface area contributed by atoms with E-state index in [1.807, 2.05) is 0 Å². The van der Waals surface area contributed by atoms with Gasteiger partial charge in [0.25, 0.3) is 0 Å². The van der Waals surface area contributed by atoms with Gasteiger partial charge in [0, 0.05) is 19.6 Å². The van der Waals surface area contributed by atoms with Crippen molar-refractivity contribution in [3.8, 4) is 0 Å². The average molecular weight is 765 g/mol. The Kier molecular flexibility index (Phi) is 48.0. The van der Waals surface area contributed by atoms with Crippen LogP contribution >= 0.6 is 0 Å². The van der Waals surface area contributed by atoms with E-state index in [1.165, 1.54) is 231 Å². The van der Waals surface area contributed by atoms with Crippen LogP contribution in [0.1, 0.15) is 284 Å². The summed E-state index contributed by atoms with van der Waals surface area (Å²) in [7, 11) is 0. The molecule has 0 N–H and O–H groups in total. The van der Waals surface area contributed by atoms with Gasteiger partial charge < -0.3 is 14.2 Å². The van der Waals surface area contributed by atoms with E-state index in [0.717, 1.165) is 38.9 Å². The van der Waals surface area contributed by atoms with Crippen molar-refractivity contribution in [2.75, 3.05) is 26.4 Å².